The van der Waals surface area contributed by atoms with Crippen LogP contribution in [-0.4, -0.2) is 131 Å². The van der Waals surface area contributed by atoms with Crippen molar-refractivity contribution in [1.29, 1.82) is 0 Å². The molecule has 0 unspecified atom stereocenters. The van der Waals surface area contributed by atoms with Gasteiger partial charge in [0, 0.05) is 0 Å². The number of hydrogen-bond acceptors (Lipinski definition) is 13. The van der Waals surface area contributed by atoms with Gasteiger partial charge in [0.1, 0.15) is 30.2 Å². The average molecular weight is 733 g/mol. The quantitative estimate of drug-likeness (QED) is 0.0417. The smallest absolute Gasteiger partial charge is 0.328 e. The number of carbonyl (C=O) groups excluding carboxylic acids is 6. The van der Waals surface area contributed by atoms with E-state index in [-0.39, 0.29) is 63.6 Å². The maximum atomic E-state index is 13.6. The van der Waals surface area contributed by atoms with Gasteiger partial charge in [0.15, 0.2) is 6.04 Å². The molecule has 0 aliphatic carbocycles. The van der Waals surface area contributed by atoms with Crippen LogP contribution in [0.1, 0.15) is 66.7 Å². The number of carboxylic acid groups (broad SMARTS) is 1. The molecule has 0 aromatic rings. The van der Waals surface area contributed by atoms with Crippen molar-refractivity contribution in [2.45, 2.75) is 115 Å². The molecule has 17 N–H and O–H groups in total. The van der Waals surface area contributed by atoms with Crippen molar-refractivity contribution in [2.24, 2.45) is 34.8 Å². The number of aliphatic hydroxyl groups excluding tert-OH is 2. The van der Waals surface area contributed by atoms with E-state index in [1.54, 1.807) is 13.8 Å². The summed E-state index contributed by atoms with van der Waals surface area (Å²) in [6.45, 7) is 7.48. The molecule has 0 aliphatic heterocycles. The maximum Gasteiger partial charge on any atom is 0.328 e. The van der Waals surface area contributed by atoms with E-state index in [0.717, 1.165) is 6.92 Å². The zero-order valence-corrected chi connectivity index (χ0v) is 30.1. The third-order valence-corrected chi connectivity index (χ3v) is 7.53. The zero-order valence-electron chi connectivity index (χ0n) is 30.1. The van der Waals surface area contributed by atoms with E-state index in [1.807, 2.05) is 13.8 Å². The second kappa shape index (κ2) is 24.3. The van der Waals surface area contributed by atoms with Crippen molar-refractivity contribution < 1.29 is 48.9 Å². The largest absolute Gasteiger partial charge is 0.480 e. The number of carbonyl (C=O) groups is 7. The van der Waals surface area contributed by atoms with Gasteiger partial charge in [0.25, 0.3) is 0 Å². The molecule has 0 heterocycles. The van der Waals surface area contributed by atoms with Crippen LogP contribution in [0.2, 0.25) is 0 Å². The summed E-state index contributed by atoms with van der Waals surface area (Å²) in [5, 5.41) is 43.5. The van der Waals surface area contributed by atoms with Crippen molar-refractivity contribution in [3.63, 3.8) is 0 Å². The van der Waals surface area contributed by atoms with Gasteiger partial charge in [-0.05, 0) is 70.5 Å². The molecule has 0 spiro atoms. The molecule has 6 amide bonds. The van der Waals surface area contributed by atoms with Crippen molar-refractivity contribution in [3.8, 4) is 0 Å². The summed E-state index contributed by atoms with van der Waals surface area (Å²) < 4.78 is 0. The van der Waals surface area contributed by atoms with Crippen LogP contribution in [-0.2, 0) is 33.6 Å². The van der Waals surface area contributed by atoms with Gasteiger partial charge in [-0.15, -0.1) is 0 Å². The van der Waals surface area contributed by atoms with Gasteiger partial charge in [-0.25, -0.2) is 4.79 Å². The Kier molecular flexibility index (Phi) is 22.4. The Balaban J connectivity index is 5.98. The molecule has 20 heteroatoms. The summed E-state index contributed by atoms with van der Waals surface area (Å²) in [7, 11) is 0. The molecule has 0 aromatic carbocycles. The van der Waals surface area contributed by atoms with E-state index < -0.39 is 96.4 Å². The minimum atomic E-state index is -1.68. The number of carboxylic acids is 1. The second-order valence-electron chi connectivity index (χ2n) is 13.2. The molecular weight excluding hydrogens is 672 g/mol. The third kappa shape index (κ3) is 17.7. The topological polar surface area (TPSA) is 356 Å². The number of nitrogens with two attached hydrogens (primary N) is 4. The maximum absolute atomic E-state index is 13.6. The molecule has 0 aliphatic rings. The van der Waals surface area contributed by atoms with E-state index in [1.165, 1.54) is 0 Å². The fourth-order valence-corrected chi connectivity index (χ4v) is 4.79. The van der Waals surface area contributed by atoms with Crippen molar-refractivity contribution in [3.05, 3.63) is 0 Å². The average Bonchev–Trinajstić information content (AvgIpc) is 3.03. The van der Waals surface area contributed by atoms with Gasteiger partial charge in [0.05, 0.1) is 18.8 Å². The second-order valence-corrected chi connectivity index (χ2v) is 13.2. The minimum absolute atomic E-state index is 0.0319. The molecule has 294 valence electrons. The Labute approximate surface area is 298 Å². The van der Waals surface area contributed by atoms with Crippen LogP contribution in [0.25, 0.3) is 0 Å². The van der Waals surface area contributed by atoms with Gasteiger partial charge in [-0.3, -0.25) is 28.8 Å². The molecule has 0 saturated heterocycles. The standard InChI is InChI=1S/C31H60N10O10/c1-15(2)12-21(38-26(45)19(7-10-33)36-25(44)18(35)6-9-32)28(47)39-22(13-16(3)4)29(48)40-23(14-42)30(49)37-20(8-11-34)27(46)41-24(17(5)43)31(50)51/h15-24,42-43H,6-14,32-35H2,1-5H3,(H,36,44)(H,37,49)(H,38,45)(H,39,47)(H,40,48)(H,41,46)(H,50,51)/t17-,18+,19+,20+,21-,22+,23+,24+/m1/s1. The van der Waals surface area contributed by atoms with Crippen molar-refractivity contribution >= 4 is 41.4 Å². The lowest BCUT2D eigenvalue weighted by Gasteiger charge is -2.28. The van der Waals surface area contributed by atoms with Gasteiger partial charge in [-0.1, -0.05) is 27.7 Å². The molecule has 0 aromatic heterocycles. The molecule has 0 bridgehead atoms. The SMILES string of the molecule is CC(C)C[C@H](NC(=O)[C@@H](CC(C)C)NC(=O)[C@H](CCN)NC(=O)[C@@H](N)CCN)C(=O)N[C@@H](CO)C(=O)N[C@@H](CCN)C(=O)N[C@H](C(=O)O)[C@@H](C)O. The van der Waals surface area contributed by atoms with E-state index in [4.69, 9.17) is 22.9 Å². The summed E-state index contributed by atoms with van der Waals surface area (Å²) in [6.07, 6.45) is -1.17. The molecule has 51 heavy (non-hydrogen) atoms. The summed E-state index contributed by atoms with van der Waals surface area (Å²) in [6, 6.07) is -9.14. The lowest BCUT2D eigenvalue weighted by atomic mass is 9.99. The lowest BCUT2D eigenvalue weighted by Crippen LogP contribution is -2.61. The van der Waals surface area contributed by atoms with Crippen LogP contribution in [0, 0.1) is 11.8 Å². The Morgan fingerprint density at radius 1 is 0.529 bits per heavy atom. The van der Waals surface area contributed by atoms with Crippen LogP contribution in [0.4, 0.5) is 0 Å². The Morgan fingerprint density at radius 2 is 0.863 bits per heavy atom. The number of rotatable bonds is 25. The van der Waals surface area contributed by atoms with Gasteiger partial charge >= 0.3 is 5.97 Å². The molecule has 8 atom stereocenters. The first-order valence-electron chi connectivity index (χ1n) is 17.0. The predicted octanol–water partition coefficient (Wildman–Crippen LogP) is -5.18. The van der Waals surface area contributed by atoms with Gasteiger partial charge in [-0.2, -0.15) is 0 Å². The lowest BCUT2D eigenvalue weighted by molar-refractivity contribution is -0.145. The number of aliphatic hydroxyl groups is 2. The monoisotopic (exact) mass is 732 g/mol. The Bertz CT molecular complexity index is 1160. The molecular formula is C31H60N10O10. The zero-order chi connectivity index (χ0) is 39.4. The highest BCUT2D eigenvalue weighted by atomic mass is 16.4. The van der Waals surface area contributed by atoms with Gasteiger partial charge in [0.2, 0.25) is 35.4 Å². The summed E-state index contributed by atoms with van der Waals surface area (Å²) >= 11 is 0. The van der Waals surface area contributed by atoms with Crippen LogP contribution in [0.15, 0.2) is 0 Å². The Hall–Kier alpha value is -3.95. The third-order valence-electron chi connectivity index (χ3n) is 7.53. The highest BCUT2D eigenvalue weighted by Crippen LogP contribution is 2.10. The van der Waals surface area contributed by atoms with E-state index in [0.29, 0.717) is 0 Å². The van der Waals surface area contributed by atoms with Crippen molar-refractivity contribution in [1.82, 2.24) is 31.9 Å². The number of amides is 6. The van der Waals surface area contributed by atoms with Crippen LogP contribution in [0.5, 0.6) is 0 Å². The normalized spacial score (nSPS) is 16.0. The first-order valence-corrected chi connectivity index (χ1v) is 17.0. The fourth-order valence-electron chi connectivity index (χ4n) is 4.79. The fraction of sp³-hybridized carbons (Fsp3) is 0.774. The van der Waals surface area contributed by atoms with Gasteiger partial charge < -0.3 is 70.2 Å². The highest BCUT2D eigenvalue weighted by molar-refractivity contribution is 5.97. The van der Waals surface area contributed by atoms with E-state index in [9.17, 15) is 48.9 Å². The van der Waals surface area contributed by atoms with Crippen LogP contribution in [0.3, 0.4) is 0 Å². The molecule has 0 fully saturated rings. The first kappa shape index (κ1) is 47.0. The summed E-state index contributed by atoms with van der Waals surface area (Å²) in [5.41, 5.74) is 22.5. The minimum Gasteiger partial charge on any atom is -0.480 e. The predicted molar refractivity (Wildman–Crippen MR) is 186 cm³/mol. The highest BCUT2D eigenvalue weighted by Gasteiger charge is 2.34. The Morgan fingerprint density at radius 3 is 1.22 bits per heavy atom. The number of nitrogens with one attached hydrogen (secondary N) is 6. The summed E-state index contributed by atoms with van der Waals surface area (Å²) in [4.78, 5) is 90.0. The molecule has 0 saturated carbocycles. The summed E-state index contributed by atoms with van der Waals surface area (Å²) in [5.74, 6) is -6.67. The number of aliphatic carboxylic acids is 1. The molecule has 0 radical (unpaired) electrons. The molecule has 0 rings (SSSR count). The van der Waals surface area contributed by atoms with Crippen LogP contribution < -0.4 is 54.8 Å². The molecule has 20 nitrogen and oxygen atoms in total. The first-order chi connectivity index (χ1) is 23.8. The van der Waals surface area contributed by atoms with E-state index >= 15 is 0 Å². The van der Waals surface area contributed by atoms with Crippen molar-refractivity contribution in [2.75, 3.05) is 26.2 Å². The number of hydrogen-bond donors (Lipinski definition) is 13. The van der Waals surface area contributed by atoms with Crippen LogP contribution >= 0.6 is 0 Å². The van der Waals surface area contributed by atoms with E-state index in [2.05, 4.69) is 31.9 Å².